The van der Waals surface area contributed by atoms with Crippen molar-refractivity contribution in [3.05, 3.63) is 18.0 Å². The Morgan fingerprint density at radius 1 is 0.931 bits per heavy atom. The van der Waals surface area contributed by atoms with Gasteiger partial charge in [-0.1, -0.05) is 19.3 Å². The van der Waals surface area contributed by atoms with Gasteiger partial charge in [-0.15, -0.1) is 0 Å². The van der Waals surface area contributed by atoms with E-state index < -0.39 is 0 Å². The van der Waals surface area contributed by atoms with Crippen LogP contribution in [0.2, 0.25) is 0 Å². The molecule has 4 rings (SSSR count). The third kappa shape index (κ3) is 6.37. The number of rotatable bonds is 8. The second-order valence-electron chi connectivity index (χ2n) is 9.53. The summed E-state index contributed by atoms with van der Waals surface area (Å²) in [6, 6.07) is 0.866. The van der Waals surface area contributed by atoms with E-state index in [0.717, 1.165) is 25.0 Å². The minimum atomic E-state index is 0.369. The molecule has 162 valence electrons. The Morgan fingerprint density at radius 3 is 2.45 bits per heavy atom. The number of anilines is 1. The van der Waals surface area contributed by atoms with E-state index in [9.17, 15) is 0 Å². The molecule has 0 bridgehead atoms. The zero-order chi connectivity index (χ0) is 19.9. The van der Waals surface area contributed by atoms with Crippen molar-refractivity contribution < 1.29 is 0 Å². The van der Waals surface area contributed by atoms with Gasteiger partial charge in [-0.05, 0) is 64.1 Å². The zero-order valence-electron chi connectivity index (χ0n) is 18.1. The Morgan fingerprint density at radius 2 is 1.69 bits per heavy atom. The minimum absolute atomic E-state index is 0.369. The summed E-state index contributed by atoms with van der Waals surface area (Å²) in [4.78, 5) is 16.6. The number of nitrogens with zero attached hydrogens (tertiary/aromatic N) is 5. The van der Waals surface area contributed by atoms with Gasteiger partial charge in [0.25, 0.3) is 0 Å². The van der Waals surface area contributed by atoms with Crippen LogP contribution in [0.3, 0.4) is 0 Å². The molecule has 0 unspecified atom stereocenters. The maximum absolute atomic E-state index is 5.69. The van der Waals surface area contributed by atoms with Crippen LogP contribution in [0, 0.1) is 5.92 Å². The van der Waals surface area contributed by atoms with E-state index in [4.69, 9.17) is 5.73 Å². The Balaban J connectivity index is 1.34. The van der Waals surface area contributed by atoms with Gasteiger partial charge in [0.1, 0.15) is 0 Å². The van der Waals surface area contributed by atoms with E-state index in [2.05, 4.69) is 24.7 Å². The molecule has 1 saturated carbocycles. The van der Waals surface area contributed by atoms with Crippen molar-refractivity contribution in [1.29, 1.82) is 0 Å². The molecule has 1 aromatic heterocycles. The largest absolute Gasteiger partial charge is 0.368 e. The van der Waals surface area contributed by atoms with Gasteiger partial charge in [0.15, 0.2) is 0 Å². The van der Waals surface area contributed by atoms with Crippen molar-refractivity contribution in [2.45, 2.75) is 70.4 Å². The van der Waals surface area contributed by atoms with E-state index in [0.29, 0.717) is 5.95 Å². The SMILES string of the molecule is Nc1ncc(CN(CCN2CCCCC2)C[C@@H]2CCCN(C3CCCC3)C2)cn1. The van der Waals surface area contributed by atoms with Gasteiger partial charge in [0.2, 0.25) is 5.95 Å². The first-order valence-corrected chi connectivity index (χ1v) is 12.0. The molecule has 3 fully saturated rings. The third-order valence-electron chi connectivity index (χ3n) is 7.22. The van der Waals surface area contributed by atoms with Crippen LogP contribution in [0.4, 0.5) is 5.95 Å². The fraction of sp³-hybridized carbons (Fsp3) is 0.826. The van der Waals surface area contributed by atoms with Crippen molar-refractivity contribution in [3.63, 3.8) is 0 Å². The number of likely N-dealkylation sites (tertiary alicyclic amines) is 2. The Bertz CT molecular complexity index is 594. The quantitative estimate of drug-likeness (QED) is 0.724. The van der Waals surface area contributed by atoms with Gasteiger partial charge in [0, 0.05) is 56.7 Å². The van der Waals surface area contributed by atoms with E-state index >= 15 is 0 Å². The molecule has 6 heteroatoms. The van der Waals surface area contributed by atoms with E-state index in [1.165, 1.54) is 103 Å². The lowest BCUT2D eigenvalue weighted by molar-refractivity contribution is 0.0911. The molecule has 3 heterocycles. The van der Waals surface area contributed by atoms with Crippen LogP contribution in [0.1, 0.15) is 63.4 Å². The Kier molecular flexibility index (Phi) is 7.74. The van der Waals surface area contributed by atoms with Crippen LogP contribution in [0.15, 0.2) is 12.4 Å². The molecule has 0 radical (unpaired) electrons. The van der Waals surface area contributed by atoms with Gasteiger partial charge < -0.3 is 15.5 Å². The van der Waals surface area contributed by atoms with Gasteiger partial charge in [-0.25, -0.2) is 9.97 Å². The van der Waals surface area contributed by atoms with Gasteiger partial charge in [-0.3, -0.25) is 4.90 Å². The van der Waals surface area contributed by atoms with Crippen LogP contribution in [0.5, 0.6) is 0 Å². The Labute approximate surface area is 176 Å². The average molecular weight is 401 g/mol. The molecule has 1 aromatic rings. The maximum Gasteiger partial charge on any atom is 0.219 e. The summed E-state index contributed by atoms with van der Waals surface area (Å²) in [6.45, 7) is 9.63. The highest BCUT2D eigenvalue weighted by Crippen LogP contribution is 2.28. The molecule has 0 amide bonds. The summed E-state index contributed by atoms with van der Waals surface area (Å²) in [6.07, 6.45) is 16.4. The average Bonchev–Trinajstić information content (AvgIpc) is 3.30. The highest BCUT2D eigenvalue weighted by Gasteiger charge is 2.29. The minimum Gasteiger partial charge on any atom is -0.368 e. The molecule has 1 aliphatic carbocycles. The zero-order valence-corrected chi connectivity index (χ0v) is 18.1. The first-order valence-electron chi connectivity index (χ1n) is 12.0. The van der Waals surface area contributed by atoms with Gasteiger partial charge >= 0.3 is 0 Å². The van der Waals surface area contributed by atoms with E-state index in [1.807, 2.05) is 12.4 Å². The molecule has 1 atom stereocenters. The van der Waals surface area contributed by atoms with Crippen molar-refractivity contribution in [3.8, 4) is 0 Å². The molecule has 0 spiro atoms. The molecular weight excluding hydrogens is 360 g/mol. The lowest BCUT2D eigenvalue weighted by Crippen LogP contribution is -2.46. The maximum atomic E-state index is 5.69. The first-order chi connectivity index (χ1) is 14.3. The highest BCUT2D eigenvalue weighted by molar-refractivity contribution is 5.17. The normalized spacial score (nSPS) is 25.1. The molecule has 2 aliphatic heterocycles. The predicted molar refractivity (Wildman–Crippen MR) is 119 cm³/mol. The predicted octanol–water partition coefficient (Wildman–Crippen LogP) is 3.00. The monoisotopic (exact) mass is 400 g/mol. The lowest BCUT2D eigenvalue weighted by Gasteiger charge is -2.39. The number of piperidine rings is 2. The number of nitrogen functional groups attached to an aromatic ring is 1. The molecule has 0 aromatic carbocycles. The van der Waals surface area contributed by atoms with Crippen LogP contribution in [-0.2, 0) is 6.54 Å². The molecule has 2 N–H and O–H groups in total. The summed E-state index contributed by atoms with van der Waals surface area (Å²) in [7, 11) is 0. The standard InChI is InChI=1S/C23H40N6/c24-23-25-15-21(16-26-23)18-28(14-13-27-10-4-1-5-11-27)17-20-7-6-12-29(19-20)22-8-2-3-9-22/h15-16,20,22H,1-14,17-19H2,(H2,24,25,26)/t20-/m0/s1. The topological polar surface area (TPSA) is 61.5 Å². The van der Waals surface area contributed by atoms with Crippen molar-refractivity contribution in [1.82, 2.24) is 24.7 Å². The number of hydrogen-bond acceptors (Lipinski definition) is 6. The van der Waals surface area contributed by atoms with Crippen LogP contribution in [0.25, 0.3) is 0 Å². The van der Waals surface area contributed by atoms with Crippen LogP contribution in [-0.4, -0.2) is 76.5 Å². The van der Waals surface area contributed by atoms with Crippen molar-refractivity contribution in [2.75, 3.05) is 51.5 Å². The molecule has 6 nitrogen and oxygen atoms in total. The van der Waals surface area contributed by atoms with Crippen molar-refractivity contribution in [2.24, 2.45) is 5.92 Å². The van der Waals surface area contributed by atoms with Crippen LogP contribution >= 0.6 is 0 Å². The molecule has 2 saturated heterocycles. The molecular formula is C23H40N6. The smallest absolute Gasteiger partial charge is 0.219 e. The summed E-state index contributed by atoms with van der Waals surface area (Å²) >= 11 is 0. The molecule has 3 aliphatic rings. The number of hydrogen-bond donors (Lipinski definition) is 1. The van der Waals surface area contributed by atoms with E-state index in [-0.39, 0.29) is 0 Å². The summed E-state index contributed by atoms with van der Waals surface area (Å²) < 4.78 is 0. The second-order valence-corrected chi connectivity index (χ2v) is 9.53. The lowest BCUT2D eigenvalue weighted by atomic mass is 9.95. The first kappa shape index (κ1) is 21.0. The summed E-state index contributed by atoms with van der Waals surface area (Å²) in [5.41, 5.74) is 6.87. The fourth-order valence-corrected chi connectivity index (χ4v) is 5.62. The van der Waals surface area contributed by atoms with Crippen LogP contribution < -0.4 is 5.73 Å². The highest BCUT2D eigenvalue weighted by atomic mass is 15.2. The molecule has 29 heavy (non-hydrogen) atoms. The van der Waals surface area contributed by atoms with Gasteiger partial charge in [0.05, 0.1) is 0 Å². The Hall–Kier alpha value is -1.24. The van der Waals surface area contributed by atoms with E-state index in [1.54, 1.807) is 0 Å². The fourth-order valence-electron chi connectivity index (χ4n) is 5.62. The van der Waals surface area contributed by atoms with Gasteiger partial charge in [-0.2, -0.15) is 0 Å². The summed E-state index contributed by atoms with van der Waals surface area (Å²) in [5.74, 6) is 1.16. The number of nitrogens with two attached hydrogens (primary N) is 1. The summed E-state index contributed by atoms with van der Waals surface area (Å²) in [5, 5.41) is 0. The number of aromatic nitrogens is 2. The van der Waals surface area contributed by atoms with Crippen molar-refractivity contribution >= 4 is 5.95 Å². The third-order valence-corrected chi connectivity index (χ3v) is 7.22. The second kappa shape index (κ2) is 10.7.